The maximum Gasteiger partial charge on any atom is 0.225 e. The normalized spacial score (nSPS) is 10.3. The Kier molecular flexibility index (Phi) is 6.44. The number of ketones is 1. The average Bonchev–Trinajstić information content (AvgIpc) is 2.60. The summed E-state index contributed by atoms with van der Waals surface area (Å²) in [5.74, 6) is -0.0758. The predicted molar refractivity (Wildman–Crippen MR) is 97.2 cm³/mol. The number of Topliss-reactive ketones (excluding diaryl/α,β-unsaturated/α-hetero) is 1. The number of hydrogen-bond donors (Lipinski definition) is 1. The Morgan fingerprint density at radius 3 is 2.52 bits per heavy atom. The highest BCUT2D eigenvalue weighted by Crippen LogP contribution is 2.11. The molecule has 0 unspecified atom stereocenters. The zero-order chi connectivity index (χ0) is 18.2. The first kappa shape index (κ1) is 18.4. The summed E-state index contributed by atoms with van der Waals surface area (Å²) in [6, 6.07) is 16.4. The van der Waals surface area contributed by atoms with Crippen LogP contribution in [0.1, 0.15) is 34.8 Å². The summed E-state index contributed by atoms with van der Waals surface area (Å²) in [6.45, 7) is 2.79. The van der Waals surface area contributed by atoms with Gasteiger partial charge in [-0.05, 0) is 55.9 Å². The van der Waals surface area contributed by atoms with Crippen molar-refractivity contribution in [2.24, 2.45) is 0 Å². The molecule has 5 heteroatoms. The molecule has 0 bridgehead atoms. The van der Waals surface area contributed by atoms with Crippen molar-refractivity contribution < 1.29 is 9.59 Å². The maximum absolute atomic E-state index is 12.0. The fraction of sp³-hybridized carbons (Fsp3) is 0.250. The fourth-order valence-electron chi connectivity index (χ4n) is 2.43. The molecule has 0 radical (unpaired) electrons. The van der Waals surface area contributed by atoms with Crippen LogP contribution in [0.2, 0.25) is 0 Å². The second kappa shape index (κ2) is 8.76. The number of amides is 1. The Hall–Kier alpha value is -2.97. The van der Waals surface area contributed by atoms with Crippen molar-refractivity contribution in [3.8, 4) is 6.07 Å². The topological polar surface area (TPSA) is 73.2 Å². The molecule has 0 aliphatic heterocycles. The lowest BCUT2D eigenvalue weighted by molar-refractivity contribution is -0.116. The molecular weight excluding hydrogens is 314 g/mol. The molecule has 128 valence electrons. The molecule has 0 atom stereocenters. The molecule has 0 aliphatic carbocycles. The van der Waals surface area contributed by atoms with E-state index < -0.39 is 0 Å². The van der Waals surface area contributed by atoms with E-state index in [2.05, 4.69) is 11.4 Å². The highest BCUT2D eigenvalue weighted by atomic mass is 16.1. The van der Waals surface area contributed by atoms with Crippen LogP contribution in [0.3, 0.4) is 0 Å². The number of rotatable bonds is 7. The van der Waals surface area contributed by atoms with E-state index in [1.807, 2.05) is 30.1 Å². The molecule has 0 aromatic heterocycles. The van der Waals surface area contributed by atoms with Gasteiger partial charge in [-0.3, -0.25) is 9.59 Å². The van der Waals surface area contributed by atoms with Gasteiger partial charge in [-0.2, -0.15) is 5.26 Å². The quantitative estimate of drug-likeness (QED) is 0.789. The number of nitrogens with one attached hydrogen (secondary N) is 1. The van der Waals surface area contributed by atoms with Crippen LogP contribution in [0.15, 0.2) is 48.5 Å². The van der Waals surface area contributed by atoms with Crippen molar-refractivity contribution in [1.29, 1.82) is 5.26 Å². The van der Waals surface area contributed by atoms with Gasteiger partial charge in [0.05, 0.1) is 11.6 Å². The van der Waals surface area contributed by atoms with Crippen molar-refractivity contribution >= 4 is 17.4 Å². The van der Waals surface area contributed by atoms with Gasteiger partial charge in [0, 0.05) is 30.8 Å². The van der Waals surface area contributed by atoms with E-state index in [4.69, 9.17) is 5.26 Å². The molecule has 0 heterocycles. The van der Waals surface area contributed by atoms with Crippen LogP contribution in [-0.2, 0) is 11.3 Å². The summed E-state index contributed by atoms with van der Waals surface area (Å²) < 4.78 is 0. The zero-order valence-electron chi connectivity index (χ0n) is 14.5. The van der Waals surface area contributed by atoms with Crippen LogP contribution in [0, 0.1) is 11.3 Å². The van der Waals surface area contributed by atoms with Crippen LogP contribution in [0.4, 0.5) is 5.69 Å². The van der Waals surface area contributed by atoms with Gasteiger partial charge in [0.15, 0.2) is 5.78 Å². The van der Waals surface area contributed by atoms with E-state index in [-0.39, 0.29) is 11.7 Å². The van der Waals surface area contributed by atoms with E-state index in [0.29, 0.717) is 36.3 Å². The fourth-order valence-corrected chi connectivity index (χ4v) is 2.43. The molecule has 25 heavy (non-hydrogen) atoms. The Morgan fingerprint density at radius 2 is 1.88 bits per heavy atom. The second-order valence-corrected chi connectivity index (χ2v) is 5.98. The van der Waals surface area contributed by atoms with Crippen molar-refractivity contribution in [2.45, 2.75) is 19.9 Å². The summed E-state index contributed by atoms with van der Waals surface area (Å²) >= 11 is 0. The number of hydrogen-bond acceptors (Lipinski definition) is 4. The predicted octanol–water partition coefficient (Wildman–Crippen LogP) is 3.22. The van der Waals surface area contributed by atoms with Gasteiger partial charge in [0.2, 0.25) is 5.91 Å². The molecule has 0 spiro atoms. The molecule has 0 fully saturated rings. The molecular formula is C20H21N3O2. The third-order valence-corrected chi connectivity index (χ3v) is 3.80. The van der Waals surface area contributed by atoms with Crippen LogP contribution in [0.5, 0.6) is 0 Å². The van der Waals surface area contributed by atoms with Gasteiger partial charge >= 0.3 is 0 Å². The van der Waals surface area contributed by atoms with E-state index >= 15 is 0 Å². The minimum atomic E-state index is -0.0757. The van der Waals surface area contributed by atoms with Gasteiger partial charge < -0.3 is 10.2 Å². The number of anilines is 1. The largest absolute Gasteiger partial charge is 0.326 e. The SMILES string of the molecule is CC(=O)c1ccc(NC(=O)CCN(C)Cc2cccc(C#N)c2)cc1. The Balaban J connectivity index is 1.80. The summed E-state index contributed by atoms with van der Waals surface area (Å²) in [5.41, 5.74) is 2.98. The molecule has 0 aliphatic rings. The first-order chi connectivity index (χ1) is 12.0. The zero-order valence-corrected chi connectivity index (χ0v) is 14.5. The molecule has 0 saturated carbocycles. The van der Waals surface area contributed by atoms with Gasteiger partial charge in [-0.1, -0.05) is 12.1 Å². The monoisotopic (exact) mass is 335 g/mol. The van der Waals surface area contributed by atoms with Crippen molar-refractivity contribution in [3.05, 3.63) is 65.2 Å². The van der Waals surface area contributed by atoms with Crippen LogP contribution in [-0.4, -0.2) is 30.2 Å². The van der Waals surface area contributed by atoms with Gasteiger partial charge in [-0.15, -0.1) is 0 Å². The first-order valence-corrected chi connectivity index (χ1v) is 8.06. The maximum atomic E-state index is 12.0. The Bertz CT molecular complexity index is 791. The summed E-state index contributed by atoms with van der Waals surface area (Å²) in [7, 11) is 1.94. The number of benzene rings is 2. The van der Waals surface area contributed by atoms with E-state index in [0.717, 1.165) is 5.56 Å². The molecule has 5 nitrogen and oxygen atoms in total. The highest BCUT2D eigenvalue weighted by Gasteiger charge is 2.07. The van der Waals surface area contributed by atoms with E-state index in [1.54, 1.807) is 30.3 Å². The second-order valence-electron chi connectivity index (χ2n) is 5.98. The van der Waals surface area contributed by atoms with Gasteiger partial charge in [-0.25, -0.2) is 0 Å². The number of carbonyl (C=O) groups is 2. The lowest BCUT2D eigenvalue weighted by Crippen LogP contribution is -2.24. The third-order valence-electron chi connectivity index (χ3n) is 3.80. The van der Waals surface area contributed by atoms with Crippen LogP contribution in [0.25, 0.3) is 0 Å². The summed E-state index contributed by atoms with van der Waals surface area (Å²) in [4.78, 5) is 25.3. The molecule has 2 rings (SSSR count). The van der Waals surface area contributed by atoms with Crippen LogP contribution >= 0.6 is 0 Å². The van der Waals surface area contributed by atoms with Gasteiger partial charge in [0.25, 0.3) is 0 Å². The number of nitrogens with zero attached hydrogens (tertiary/aromatic N) is 2. The van der Waals surface area contributed by atoms with Crippen LogP contribution < -0.4 is 5.32 Å². The number of nitriles is 1. The standard InChI is InChI=1S/C20H21N3O2/c1-15(24)18-6-8-19(9-7-18)22-20(25)10-11-23(2)14-17-5-3-4-16(12-17)13-21/h3-9,12H,10-11,14H2,1-2H3,(H,22,25). The lowest BCUT2D eigenvalue weighted by Gasteiger charge is -2.16. The minimum Gasteiger partial charge on any atom is -0.326 e. The summed E-state index contributed by atoms with van der Waals surface area (Å²) in [5, 5.41) is 11.8. The molecule has 0 saturated heterocycles. The molecule has 2 aromatic rings. The first-order valence-electron chi connectivity index (χ1n) is 8.06. The van der Waals surface area contributed by atoms with E-state index in [9.17, 15) is 9.59 Å². The molecule has 1 N–H and O–H groups in total. The number of carbonyl (C=O) groups excluding carboxylic acids is 2. The third kappa shape index (κ3) is 5.87. The molecule has 2 aromatic carbocycles. The molecule has 1 amide bonds. The van der Waals surface area contributed by atoms with Crippen molar-refractivity contribution in [2.75, 3.05) is 18.9 Å². The smallest absolute Gasteiger partial charge is 0.225 e. The Labute approximate surface area is 147 Å². The highest BCUT2D eigenvalue weighted by molar-refractivity contribution is 5.95. The van der Waals surface area contributed by atoms with Crippen molar-refractivity contribution in [1.82, 2.24) is 4.90 Å². The van der Waals surface area contributed by atoms with Gasteiger partial charge in [0.1, 0.15) is 0 Å². The van der Waals surface area contributed by atoms with Crippen molar-refractivity contribution in [3.63, 3.8) is 0 Å². The lowest BCUT2D eigenvalue weighted by atomic mass is 10.1. The Morgan fingerprint density at radius 1 is 1.16 bits per heavy atom. The minimum absolute atomic E-state index is 0.0000289. The summed E-state index contributed by atoms with van der Waals surface area (Å²) in [6.07, 6.45) is 0.364. The average molecular weight is 335 g/mol. The van der Waals surface area contributed by atoms with E-state index in [1.165, 1.54) is 6.92 Å².